The number of hydrogen-bond donors (Lipinski definition) is 0. The van der Waals surface area contributed by atoms with E-state index < -0.39 is 53.7 Å². The molecule has 1 heterocycles. The molecule has 0 aromatic heterocycles. The van der Waals surface area contributed by atoms with Gasteiger partial charge in [-0.1, -0.05) is 22.0 Å². The van der Waals surface area contributed by atoms with Crippen molar-refractivity contribution < 1.29 is 40.7 Å². The van der Waals surface area contributed by atoms with Crippen LogP contribution in [0, 0.1) is 0 Å². The molecule has 0 aliphatic carbocycles. The lowest BCUT2D eigenvalue weighted by Gasteiger charge is -2.33. The third kappa shape index (κ3) is 7.21. The van der Waals surface area contributed by atoms with Crippen LogP contribution in [0.4, 0.5) is 36.8 Å². The predicted molar refractivity (Wildman–Crippen MR) is 132 cm³/mol. The summed E-state index contributed by atoms with van der Waals surface area (Å²) in [5.41, 5.74) is -3.04. The summed E-state index contributed by atoms with van der Waals surface area (Å²) in [7, 11) is 0. The second-order valence-electron chi connectivity index (χ2n) is 10.1. The molecule has 1 aliphatic rings. The highest BCUT2D eigenvalue weighted by Crippen LogP contribution is 2.41. The highest BCUT2D eigenvalue weighted by molar-refractivity contribution is 9.10. The monoisotopic (exact) mass is 608 g/mol. The Hall–Kier alpha value is -2.76. The molecule has 0 N–H and O–H groups in total. The lowest BCUT2D eigenvalue weighted by Crippen LogP contribution is -2.37. The Balaban J connectivity index is 2.08. The van der Waals surface area contributed by atoms with Gasteiger partial charge in [0.2, 0.25) is 5.91 Å². The van der Waals surface area contributed by atoms with E-state index in [0.717, 1.165) is 0 Å². The molecule has 38 heavy (non-hydrogen) atoms. The molecule has 0 radical (unpaired) electrons. The normalized spacial score (nSPS) is 16.5. The fourth-order valence-electron chi connectivity index (χ4n) is 4.33. The van der Waals surface area contributed by atoms with Gasteiger partial charge in [0.15, 0.2) is 0 Å². The molecule has 2 aromatic carbocycles. The van der Waals surface area contributed by atoms with Crippen molar-refractivity contribution >= 4 is 33.6 Å². The highest BCUT2D eigenvalue weighted by Gasteiger charge is 2.38. The number of halogens is 7. The van der Waals surface area contributed by atoms with Gasteiger partial charge in [0, 0.05) is 24.5 Å². The number of anilines is 1. The second kappa shape index (κ2) is 10.8. The fraction of sp³-hybridized carbons (Fsp3) is 0.462. The molecule has 1 aliphatic heterocycles. The van der Waals surface area contributed by atoms with Crippen LogP contribution in [0.3, 0.4) is 0 Å². The maximum absolute atomic E-state index is 13.4. The predicted octanol–water partition coefficient (Wildman–Crippen LogP) is 8.11. The molecule has 12 heteroatoms. The SMILES string of the molecule is CC(=O)N(Cc1cc(C(F)(F)F)cc(C(F)(F)F)c1)C1CCCN(C(=O)OC(C)(C)C)c2cc(Br)ccc21. The van der Waals surface area contributed by atoms with E-state index in [2.05, 4.69) is 15.9 Å². The molecule has 0 spiro atoms. The molecular formula is C26H27BrF6N2O3. The molecular weight excluding hydrogens is 582 g/mol. The van der Waals surface area contributed by atoms with Crippen LogP contribution in [0.1, 0.15) is 68.8 Å². The number of ether oxygens (including phenoxy) is 1. The van der Waals surface area contributed by atoms with E-state index in [9.17, 15) is 35.9 Å². The van der Waals surface area contributed by atoms with E-state index in [0.29, 0.717) is 40.7 Å². The van der Waals surface area contributed by atoms with Crippen molar-refractivity contribution in [3.63, 3.8) is 0 Å². The first-order chi connectivity index (χ1) is 17.4. The molecule has 2 aromatic rings. The zero-order chi connectivity index (χ0) is 28.6. The number of amides is 2. The molecule has 2 amide bonds. The molecule has 208 valence electrons. The summed E-state index contributed by atoms with van der Waals surface area (Å²) in [6, 6.07) is 5.62. The van der Waals surface area contributed by atoms with Gasteiger partial charge in [0.25, 0.3) is 0 Å². The molecule has 5 nitrogen and oxygen atoms in total. The summed E-state index contributed by atoms with van der Waals surface area (Å²) in [5.74, 6) is -0.541. The smallest absolute Gasteiger partial charge is 0.416 e. The average Bonchev–Trinajstić information content (AvgIpc) is 2.94. The van der Waals surface area contributed by atoms with E-state index in [1.165, 1.54) is 16.7 Å². The number of carbonyl (C=O) groups excluding carboxylic acids is 2. The standard InChI is InChI=1S/C26H27BrF6N2O3/c1-15(36)35(14-16-10-17(25(28,29)30)12-18(11-16)26(31,32)33)21-6-5-9-34(23(37)38-24(2,3)4)22-13-19(27)7-8-20(21)22/h7-8,10-13,21H,5-6,9,14H2,1-4H3. The maximum atomic E-state index is 13.4. The number of benzene rings is 2. The third-order valence-corrected chi connectivity index (χ3v) is 6.39. The van der Waals surface area contributed by atoms with Gasteiger partial charge in [0.05, 0.1) is 22.9 Å². The number of rotatable bonds is 3. The topological polar surface area (TPSA) is 49.9 Å². The molecule has 0 fully saturated rings. The van der Waals surface area contributed by atoms with Crippen LogP contribution in [0.25, 0.3) is 0 Å². The summed E-state index contributed by atoms with van der Waals surface area (Å²) in [4.78, 5) is 28.4. The van der Waals surface area contributed by atoms with Crippen LogP contribution in [0.5, 0.6) is 0 Å². The second-order valence-corrected chi connectivity index (χ2v) is 11.0. The Morgan fingerprint density at radius 3 is 2.08 bits per heavy atom. The first kappa shape index (κ1) is 29.8. The average molecular weight is 609 g/mol. The summed E-state index contributed by atoms with van der Waals surface area (Å²) in [6.07, 6.45) is -9.91. The Kier molecular flexibility index (Phi) is 8.45. The van der Waals surface area contributed by atoms with Crippen LogP contribution >= 0.6 is 15.9 Å². The van der Waals surface area contributed by atoms with Crippen molar-refractivity contribution in [2.45, 2.75) is 71.1 Å². The van der Waals surface area contributed by atoms with Gasteiger partial charge in [-0.15, -0.1) is 0 Å². The van der Waals surface area contributed by atoms with Gasteiger partial charge in [-0.25, -0.2) is 4.79 Å². The van der Waals surface area contributed by atoms with Crippen molar-refractivity contribution in [3.8, 4) is 0 Å². The van der Waals surface area contributed by atoms with Gasteiger partial charge in [-0.2, -0.15) is 26.3 Å². The van der Waals surface area contributed by atoms with E-state index >= 15 is 0 Å². The molecule has 3 rings (SSSR count). The van der Waals surface area contributed by atoms with Gasteiger partial charge >= 0.3 is 18.4 Å². The Labute approximate surface area is 224 Å². The summed E-state index contributed by atoms with van der Waals surface area (Å²) >= 11 is 3.37. The van der Waals surface area contributed by atoms with Crippen LogP contribution in [-0.4, -0.2) is 29.0 Å². The molecule has 0 saturated heterocycles. The largest absolute Gasteiger partial charge is 0.443 e. The Morgan fingerprint density at radius 1 is 1.00 bits per heavy atom. The van der Waals surface area contributed by atoms with Crippen molar-refractivity contribution in [2.24, 2.45) is 0 Å². The summed E-state index contributed by atoms with van der Waals surface area (Å²) in [6.45, 7) is 6.10. The third-order valence-electron chi connectivity index (χ3n) is 5.90. The summed E-state index contributed by atoms with van der Waals surface area (Å²) in [5, 5.41) is 0. The van der Waals surface area contributed by atoms with Crippen LogP contribution in [-0.2, 0) is 28.4 Å². The van der Waals surface area contributed by atoms with E-state index in [1.807, 2.05) is 0 Å². The van der Waals surface area contributed by atoms with Crippen LogP contribution in [0.2, 0.25) is 0 Å². The minimum atomic E-state index is -5.01. The number of nitrogens with zero attached hydrogens (tertiary/aromatic N) is 2. The van der Waals surface area contributed by atoms with Gasteiger partial charge in [-0.3, -0.25) is 9.69 Å². The number of fused-ring (bicyclic) bond motifs is 1. The minimum Gasteiger partial charge on any atom is -0.443 e. The zero-order valence-electron chi connectivity index (χ0n) is 21.1. The lowest BCUT2D eigenvalue weighted by molar-refractivity contribution is -0.143. The van der Waals surface area contributed by atoms with Crippen LogP contribution < -0.4 is 4.90 Å². The van der Waals surface area contributed by atoms with Crippen molar-refractivity contribution in [2.75, 3.05) is 11.4 Å². The number of hydrogen-bond acceptors (Lipinski definition) is 3. The first-order valence-electron chi connectivity index (χ1n) is 11.7. The molecule has 0 saturated carbocycles. The highest BCUT2D eigenvalue weighted by atomic mass is 79.9. The lowest BCUT2D eigenvalue weighted by atomic mass is 9.98. The maximum Gasteiger partial charge on any atom is 0.416 e. The summed E-state index contributed by atoms with van der Waals surface area (Å²) < 4.78 is 86.6. The fourth-order valence-corrected chi connectivity index (χ4v) is 4.68. The van der Waals surface area contributed by atoms with Crippen LogP contribution in [0.15, 0.2) is 40.9 Å². The van der Waals surface area contributed by atoms with Gasteiger partial charge < -0.3 is 9.64 Å². The van der Waals surface area contributed by atoms with Crippen molar-refractivity contribution in [1.29, 1.82) is 0 Å². The minimum absolute atomic E-state index is 0.0544. The van der Waals surface area contributed by atoms with E-state index in [4.69, 9.17) is 4.74 Å². The van der Waals surface area contributed by atoms with E-state index in [1.54, 1.807) is 39.0 Å². The van der Waals surface area contributed by atoms with Gasteiger partial charge in [-0.05, 0) is 75.1 Å². The molecule has 0 bridgehead atoms. The Morgan fingerprint density at radius 2 is 1.58 bits per heavy atom. The molecule has 1 atom stereocenters. The number of alkyl halides is 6. The quantitative estimate of drug-likeness (QED) is 0.331. The first-order valence-corrected chi connectivity index (χ1v) is 12.5. The van der Waals surface area contributed by atoms with Gasteiger partial charge in [0.1, 0.15) is 5.60 Å². The zero-order valence-corrected chi connectivity index (χ0v) is 22.7. The Bertz CT molecular complexity index is 1170. The van der Waals surface area contributed by atoms with E-state index in [-0.39, 0.29) is 18.2 Å². The number of carbonyl (C=O) groups is 2. The van der Waals surface area contributed by atoms with Crippen molar-refractivity contribution in [1.82, 2.24) is 4.90 Å². The van der Waals surface area contributed by atoms with Crippen molar-refractivity contribution in [3.05, 3.63) is 63.1 Å². The molecule has 1 unspecified atom stereocenters.